The van der Waals surface area contributed by atoms with Gasteiger partial charge in [-0.25, -0.2) is 9.59 Å². The molecule has 2 unspecified atom stereocenters. The molecule has 0 bridgehead atoms. The smallest absolute Gasteiger partial charge is 0.347 e. The molecule has 17 nitrogen and oxygen atoms in total. The van der Waals surface area contributed by atoms with Crippen LogP contribution in [0.2, 0.25) is 0 Å². The minimum atomic E-state index is -2.15. The van der Waals surface area contributed by atoms with Crippen LogP contribution >= 0.6 is 0 Å². The number of rotatable bonds is 4. The zero-order valence-corrected chi connectivity index (χ0v) is 23.7. The van der Waals surface area contributed by atoms with Crippen LogP contribution in [0, 0.1) is 30.6 Å². The molecule has 10 atom stereocenters. The average Bonchev–Trinajstić information content (AvgIpc) is 3.30. The highest BCUT2D eigenvalue weighted by atomic mass is 16.6. The van der Waals surface area contributed by atoms with Crippen molar-refractivity contribution in [3.05, 3.63) is 59.6 Å². The Morgan fingerprint density at radius 3 is 1.77 bits per heavy atom. The normalized spacial score (nSPS) is 32.8. The van der Waals surface area contributed by atoms with Crippen molar-refractivity contribution in [2.75, 3.05) is 0 Å². The molecule has 17 heteroatoms. The molecule has 2 saturated heterocycles. The molecular formula is C26H33N5O12. The molecule has 2 aromatic rings. The van der Waals surface area contributed by atoms with E-state index in [1.165, 1.54) is 34.6 Å². The first-order valence-electron chi connectivity index (χ1n) is 12.9. The predicted molar refractivity (Wildman–Crippen MR) is 145 cm³/mol. The minimum absolute atomic E-state index is 0.230. The van der Waals surface area contributed by atoms with Gasteiger partial charge in [-0.2, -0.15) is 9.78 Å². The lowest BCUT2D eigenvalue weighted by molar-refractivity contribution is -0.0947. The molecular weight excluding hydrogens is 574 g/mol. The van der Waals surface area contributed by atoms with Crippen molar-refractivity contribution in [1.29, 1.82) is 0 Å². The molecule has 2 fully saturated rings. The number of H-pyrrole nitrogens is 2. The number of nitrogens with one attached hydrogen (secondary N) is 2. The third kappa shape index (κ3) is 6.25. The first-order valence-corrected chi connectivity index (χ1v) is 12.9. The fourth-order valence-corrected chi connectivity index (χ4v) is 4.82. The molecule has 0 saturated carbocycles. The van der Waals surface area contributed by atoms with Gasteiger partial charge >= 0.3 is 11.4 Å². The van der Waals surface area contributed by atoms with E-state index in [2.05, 4.69) is 33.8 Å². The Balaban J connectivity index is 0.000000236. The summed E-state index contributed by atoms with van der Waals surface area (Å²) in [6.07, 6.45) is -9.60. The Morgan fingerprint density at radius 2 is 1.33 bits per heavy atom. The van der Waals surface area contributed by atoms with Crippen LogP contribution in [0.1, 0.15) is 45.8 Å². The third-order valence-corrected chi connectivity index (χ3v) is 6.81. The van der Waals surface area contributed by atoms with E-state index < -0.39 is 82.8 Å². The highest BCUT2D eigenvalue weighted by molar-refractivity contribution is 5.24. The number of nitrogens with zero attached hydrogens (tertiary/aromatic N) is 3. The summed E-state index contributed by atoms with van der Waals surface area (Å²) >= 11 is 0. The lowest BCUT2D eigenvalue weighted by Crippen LogP contribution is -2.49. The van der Waals surface area contributed by atoms with Crippen LogP contribution in [0.4, 0.5) is 0 Å². The van der Waals surface area contributed by atoms with Gasteiger partial charge in [-0.15, -0.1) is 11.8 Å². The molecule has 2 aromatic heterocycles. The van der Waals surface area contributed by atoms with Gasteiger partial charge in [-0.05, 0) is 34.6 Å². The van der Waals surface area contributed by atoms with Crippen LogP contribution in [-0.2, 0) is 9.47 Å². The molecule has 0 radical (unpaired) electrons. The molecule has 43 heavy (non-hydrogen) atoms. The first-order chi connectivity index (χ1) is 20.0. The Kier molecular flexibility index (Phi) is 9.97. The molecule has 2 aliphatic heterocycles. The molecule has 0 aromatic carbocycles. The van der Waals surface area contributed by atoms with Crippen LogP contribution in [0.15, 0.2) is 31.4 Å². The van der Waals surface area contributed by atoms with Crippen molar-refractivity contribution in [2.45, 2.75) is 94.9 Å². The van der Waals surface area contributed by atoms with E-state index in [9.17, 15) is 49.8 Å². The maximum absolute atomic E-state index is 12.0. The second-order valence-electron chi connectivity index (χ2n) is 10.0. The van der Waals surface area contributed by atoms with Crippen LogP contribution in [0.5, 0.6) is 0 Å². The van der Waals surface area contributed by atoms with E-state index in [1.807, 2.05) is 4.98 Å². The Bertz CT molecular complexity index is 1690. The van der Waals surface area contributed by atoms with Crippen LogP contribution in [0.25, 0.3) is 0 Å². The zero-order valence-electron chi connectivity index (χ0n) is 23.7. The van der Waals surface area contributed by atoms with Crippen LogP contribution in [-0.4, -0.2) is 103 Å². The third-order valence-electron chi connectivity index (χ3n) is 6.81. The number of aliphatic hydroxyl groups is 6. The largest absolute Gasteiger partial charge is 0.391 e. The Hall–Kier alpha value is -3.91. The van der Waals surface area contributed by atoms with Gasteiger partial charge < -0.3 is 40.1 Å². The first kappa shape index (κ1) is 33.6. The van der Waals surface area contributed by atoms with Gasteiger partial charge in [0.15, 0.2) is 18.1 Å². The number of hydrogen-bond acceptors (Lipinski definition) is 13. The Labute approximate surface area is 243 Å². The molecule has 8 N–H and O–H groups in total. The second-order valence-corrected chi connectivity index (χ2v) is 10.0. The SMILES string of the molecule is CC#CC1(O)[C@@H](O)[C@@H]([C@@H](C)O)O[C@H]1n1c(C)cc(=O)[nH]c1=O.CC#CC1(O)[C@@H](O)[C@@H]([C@@H](C)O)O[C@H]1n1ncc(=O)[nH]c1=O. The standard InChI is InChI=1S/C14H18N2O6.C12H15N3O6/c1-4-5-14(21)11(19)10(8(3)17)22-12(14)16-7(2)6-9(18)15-13(16)20;1-3-4-12(20)9(18)8(6(2)16)21-10(12)15-11(19)14-7(17)5-13-15/h6,8,10-12,17,19,21H,1-3H3,(H,15,18,20);5-6,8-10,16,18,20H,1-2H3,(H,14,17,19)/t8-,10-,11+,12-,14?;6-,8-,9+,10-,12?/m11/s1. The van der Waals surface area contributed by atoms with E-state index >= 15 is 0 Å². The van der Waals surface area contributed by atoms with E-state index in [4.69, 9.17) is 9.47 Å². The number of aliphatic hydroxyl groups excluding tert-OH is 4. The van der Waals surface area contributed by atoms with Gasteiger partial charge in [0.2, 0.25) is 5.60 Å². The number of ether oxygens (including phenoxy) is 2. The quantitative estimate of drug-likeness (QED) is 0.153. The number of aromatic nitrogens is 5. The topological polar surface area (TPSA) is 262 Å². The van der Waals surface area contributed by atoms with E-state index in [-0.39, 0.29) is 5.69 Å². The van der Waals surface area contributed by atoms with Crippen LogP contribution < -0.4 is 22.5 Å². The predicted octanol–water partition coefficient (Wildman–Crippen LogP) is -4.44. The second kappa shape index (κ2) is 12.8. The van der Waals surface area contributed by atoms with E-state index in [0.717, 1.165) is 16.8 Å². The number of aromatic amines is 2. The monoisotopic (exact) mass is 607 g/mol. The van der Waals surface area contributed by atoms with Crippen molar-refractivity contribution < 1.29 is 40.1 Å². The summed E-state index contributed by atoms with van der Waals surface area (Å²) in [5.74, 6) is 9.73. The summed E-state index contributed by atoms with van der Waals surface area (Å²) in [6, 6.07) is 1.16. The molecule has 2 aliphatic rings. The highest BCUT2D eigenvalue weighted by Gasteiger charge is 2.58. The van der Waals surface area contributed by atoms with Gasteiger partial charge in [0.1, 0.15) is 30.6 Å². The summed E-state index contributed by atoms with van der Waals surface area (Å²) < 4.78 is 12.5. The van der Waals surface area contributed by atoms with Crippen molar-refractivity contribution in [3.8, 4) is 23.7 Å². The van der Waals surface area contributed by atoms with Gasteiger partial charge in [0, 0.05) is 11.8 Å². The van der Waals surface area contributed by atoms with Gasteiger partial charge in [-0.3, -0.25) is 24.1 Å². The highest BCUT2D eigenvalue weighted by Crippen LogP contribution is 2.39. The van der Waals surface area contributed by atoms with Crippen molar-refractivity contribution in [2.24, 2.45) is 0 Å². The zero-order chi connectivity index (χ0) is 32.4. The molecule has 0 spiro atoms. The van der Waals surface area contributed by atoms with Crippen LogP contribution in [0.3, 0.4) is 0 Å². The maximum Gasteiger partial charge on any atom is 0.347 e. The summed E-state index contributed by atoms with van der Waals surface area (Å²) in [7, 11) is 0. The average molecular weight is 608 g/mol. The summed E-state index contributed by atoms with van der Waals surface area (Å²) in [5.41, 5.74) is -7.05. The molecule has 234 valence electrons. The van der Waals surface area contributed by atoms with Gasteiger partial charge in [0.25, 0.3) is 11.1 Å². The minimum Gasteiger partial charge on any atom is -0.391 e. The van der Waals surface area contributed by atoms with E-state index in [1.54, 1.807) is 0 Å². The number of aryl methyl sites for hydroxylation is 1. The molecule has 0 aliphatic carbocycles. The fourth-order valence-electron chi connectivity index (χ4n) is 4.82. The summed E-state index contributed by atoms with van der Waals surface area (Å²) in [4.78, 5) is 50.2. The van der Waals surface area contributed by atoms with Gasteiger partial charge in [0.05, 0.1) is 12.2 Å². The summed E-state index contributed by atoms with van der Waals surface area (Å²) in [5, 5.41) is 64.5. The molecule has 4 heterocycles. The maximum atomic E-state index is 12.0. The molecule has 0 amide bonds. The number of hydrogen-bond donors (Lipinski definition) is 8. The molecule has 4 rings (SSSR count). The van der Waals surface area contributed by atoms with Gasteiger partial charge in [-0.1, -0.05) is 11.8 Å². The van der Waals surface area contributed by atoms with E-state index in [0.29, 0.717) is 4.68 Å². The van der Waals surface area contributed by atoms with Crippen molar-refractivity contribution >= 4 is 0 Å². The lowest BCUT2D eigenvalue weighted by atomic mass is 9.92. The lowest BCUT2D eigenvalue weighted by Gasteiger charge is -2.27. The Morgan fingerprint density at radius 1 is 0.860 bits per heavy atom. The summed E-state index contributed by atoms with van der Waals surface area (Å²) in [6.45, 7) is 7.13. The van der Waals surface area contributed by atoms with Crippen molar-refractivity contribution in [3.63, 3.8) is 0 Å². The fraction of sp³-hybridized carbons (Fsp3) is 0.577. The van der Waals surface area contributed by atoms with Crippen molar-refractivity contribution in [1.82, 2.24) is 24.3 Å².